The molecule has 0 aliphatic rings. The quantitative estimate of drug-likeness (QED) is 0.610. The SMILES string of the molecule is COC(=O)Cc1cc(N)cc(Cl)c1C#N. The number of nitriles is 1. The first-order valence-corrected chi connectivity index (χ1v) is 4.51. The van der Waals surface area contributed by atoms with Crippen molar-refractivity contribution in [3.63, 3.8) is 0 Å². The van der Waals surface area contributed by atoms with E-state index in [0.717, 1.165) is 0 Å². The van der Waals surface area contributed by atoms with Crippen LogP contribution in [0, 0.1) is 11.3 Å². The lowest BCUT2D eigenvalue weighted by Crippen LogP contribution is -2.07. The molecule has 0 radical (unpaired) electrons. The second-order valence-electron chi connectivity index (χ2n) is 2.90. The Labute approximate surface area is 92.2 Å². The van der Waals surface area contributed by atoms with Crippen LogP contribution in [0.5, 0.6) is 0 Å². The molecule has 0 heterocycles. The summed E-state index contributed by atoms with van der Waals surface area (Å²) < 4.78 is 4.50. The van der Waals surface area contributed by atoms with Gasteiger partial charge in [0.25, 0.3) is 0 Å². The molecule has 0 saturated carbocycles. The summed E-state index contributed by atoms with van der Waals surface area (Å²) in [6.45, 7) is 0. The van der Waals surface area contributed by atoms with Crippen molar-refractivity contribution in [3.05, 3.63) is 28.3 Å². The van der Waals surface area contributed by atoms with Crippen molar-refractivity contribution in [2.24, 2.45) is 0 Å². The number of nitrogens with two attached hydrogens (primary N) is 1. The third kappa shape index (κ3) is 2.61. The monoisotopic (exact) mass is 224 g/mol. The normalized spacial score (nSPS) is 9.40. The molecule has 0 atom stereocenters. The maximum atomic E-state index is 11.1. The Bertz CT molecular complexity index is 438. The summed E-state index contributed by atoms with van der Waals surface area (Å²) in [5, 5.41) is 9.10. The molecule has 0 unspecified atom stereocenters. The largest absolute Gasteiger partial charge is 0.469 e. The zero-order valence-corrected chi connectivity index (χ0v) is 8.84. The summed E-state index contributed by atoms with van der Waals surface area (Å²) in [4.78, 5) is 11.1. The zero-order valence-electron chi connectivity index (χ0n) is 8.08. The maximum absolute atomic E-state index is 11.1. The van der Waals surface area contributed by atoms with Crippen molar-refractivity contribution in [2.75, 3.05) is 12.8 Å². The van der Waals surface area contributed by atoms with E-state index < -0.39 is 5.97 Å². The number of esters is 1. The highest BCUT2D eigenvalue weighted by Gasteiger charge is 2.12. The molecule has 78 valence electrons. The van der Waals surface area contributed by atoms with Crippen LogP contribution in [0.1, 0.15) is 11.1 Å². The van der Waals surface area contributed by atoms with Crippen LogP contribution in [0.25, 0.3) is 0 Å². The molecule has 4 nitrogen and oxygen atoms in total. The van der Waals surface area contributed by atoms with Crippen LogP contribution in [0.15, 0.2) is 12.1 Å². The minimum absolute atomic E-state index is 0.00977. The maximum Gasteiger partial charge on any atom is 0.310 e. The van der Waals surface area contributed by atoms with Crippen LogP contribution < -0.4 is 5.73 Å². The van der Waals surface area contributed by atoms with Gasteiger partial charge in [-0.1, -0.05) is 11.6 Å². The number of methoxy groups -OCH3 is 1. The molecule has 0 fully saturated rings. The minimum Gasteiger partial charge on any atom is -0.469 e. The van der Waals surface area contributed by atoms with E-state index in [1.807, 2.05) is 6.07 Å². The van der Waals surface area contributed by atoms with Crippen LogP contribution in [0.2, 0.25) is 5.02 Å². The van der Waals surface area contributed by atoms with Gasteiger partial charge in [-0.3, -0.25) is 4.79 Å². The molecule has 0 bridgehead atoms. The van der Waals surface area contributed by atoms with Gasteiger partial charge in [-0.05, 0) is 17.7 Å². The minimum atomic E-state index is -0.437. The number of carbonyl (C=O) groups excluding carboxylic acids is 1. The summed E-state index contributed by atoms with van der Waals surface area (Å²) in [7, 11) is 1.28. The van der Waals surface area contributed by atoms with Crippen molar-refractivity contribution in [2.45, 2.75) is 6.42 Å². The fourth-order valence-electron chi connectivity index (χ4n) is 1.18. The average Bonchev–Trinajstić information content (AvgIpc) is 2.17. The Morgan fingerprint density at radius 2 is 2.33 bits per heavy atom. The smallest absolute Gasteiger partial charge is 0.310 e. The highest BCUT2D eigenvalue weighted by molar-refractivity contribution is 6.32. The van der Waals surface area contributed by atoms with Crippen LogP contribution in [0.3, 0.4) is 0 Å². The van der Waals surface area contributed by atoms with Gasteiger partial charge in [0, 0.05) is 5.69 Å². The van der Waals surface area contributed by atoms with Crippen molar-refractivity contribution in [3.8, 4) is 6.07 Å². The van der Waals surface area contributed by atoms with Crippen molar-refractivity contribution in [1.29, 1.82) is 5.26 Å². The third-order valence-electron chi connectivity index (χ3n) is 1.87. The van der Waals surface area contributed by atoms with Gasteiger partial charge in [0.05, 0.1) is 24.1 Å². The number of nitrogen functional groups attached to an aromatic ring is 1. The molecule has 0 amide bonds. The Morgan fingerprint density at radius 3 is 2.87 bits per heavy atom. The van der Waals surface area contributed by atoms with Crippen molar-refractivity contribution >= 4 is 23.3 Å². The van der Waals surface area contributed by atoms with Crippen molar-refractivity contribution in [1.82, 2.24) is 0 Å². The highest BCUT2D eigenvalue weighted by atomic mass is 35.5. The molecule has 15 heavy (non-hydrogen) atoms. The predicted molar refractivity (Wildman–Crippen MR) is 56.3 cm³/mol. The van der Waals surface area contributed by atoms with Gasteiger partial charge >= 0.3 is 5.97 Å². The van der Waals surface area contributed by atoms with Gasteiger partial charge in [0.15, 0.2) is 0 Å². The molecule has 0 aliphatic heterocycles. The topological polar surface area (TPSA) is 76.1 Å². The van der Waals surface area contributed by atoms with E-state index >= 15 is 0 Å². The Balaban J connectivity index is 3.16. The van der Waals surface area contributed by atoms with Gasteiger partial charge in [-0.25, -0.2) is 0 Å². The molecule has 1 aromatic rings. The molecule has 0 aliphatic carbocycles. The van der Waals surface area contributed by atoms with Gasteiger partial charge in [0.2, 0.25) is 0 Å². The lowest BCUT2D eigenvalue weighted by molar-refractivity contribution is -0.139. The highest BCUT2D eigenvalue weighted by Crippen LogP contribution is 2.23. The summed E-state index contributed by atoms with van der Waals surface area (Å²) in [6, 6.07) is 4.94. The Hall–Kier alpha value is -1.73. The number of hydrogen-bond acceptors (Lipinski definition) is 4. The number of hydrogen-bond donors (Lipinski definition) is 1. The summed E-state index contributed by atoms with van der Waals surface area (Å²) in [5.74, 6) is -0.437. The van der Waals surface area contributed by atoms with Gasteiger partial charge in [0.1, 0.15) is 6.07 Å². The lowest BCUT2D eigenvalue weighted by atomic mass is 10.0. The number of anilines is 1. The number of benzene rings is 1. The molecule has 0 saturated heterocycles. The van der Waals surface area contributed by atoms with Gasteiger partial charge in [-0.15, -0.1) is 0 Å². The van der Waals surface area contributed by atoms with E-state index in [2.05, 4.69) is 4.74 Å². The Kier molecular flexibility index (Phi) is 3.53. The van der Waals surface area contributed by atoms with Gasteiger partial charge in [-0.2, -0.15) is 5.26 Å². The lowest BCUT2D eigenvalue weighted by Gasteiger charge is -2.05. The van der Waals surface area contributed by atoms with E-state index in [1.165, 1.54) is 13.2 Å². The van der Waals surface area contributed by atoms with E-state index in [0.29, 0.717) is 11.3 Å². The van der Waals surface area contributed by atoms with Crippen LogP contribution in [-0.2, 0) is 16.0 Å². The summed E-state index contributed by atoms with van der Waals surface area (Å²) in [6.07, 6.45) is -0.00977. The summed E-state index contributed by atoms with van der Waals surface area (Å²) in [5.41, 5.74) is 6.71. The van der Waals surface area contributed by atoms with Crippen LogP contribution >= 0.6 is 11.6 Å². The molecule has 0 spiro atoms. The van der Waals surface area contributed by atoms with Crippen LogP contribution in [0.4, 0.5) is 5.69 Å². The standard InChI is InChI=1S/C10H9ClN2O2/c1-15-10(14)3-6-2-7(13)4-9(11)8(6)5-12/h2,4H,3,13H2,1H3. The number of rotatable bonds is 2. The van der Waals surface area contributed by atoms with Gasteiger partial charge < -0.3 is 10.5 Å². The number of ether oxygens (including phenoxy) is 1. The van der Waals surface area contributed by atoms with E-state index in [4.69, 9.17) is 22.6 Å². The number of carbonyl (C=O) groups is 1. The average molecular weight is 225 g/mol. The number of nitrogens with zero attached hydrogens (tertiary/aromatic N) is 1. The fourth-order valence-corrected chi connectivity index (χ4v) is 1.47. The molecule has 0 aromatic heterocycles. The second-order valence-corrected chi connectivity index (χ2v) is 3.31. The first-order valence-electron chi connectivity index (χ1n) is 4.13. The Morgan fingerprint density at radius 1 is 1.67 bits per heavy atom. The first kappa shape index (κ1) is 11.3. The third-order valence-corrected chi connectivity index (χ3v) is 2.17. The van der Waals surface area contributed by atoms with E-state index in [-0.39, 0.29) is 17.0 Å². The molecular weight excluding hydrogens is 216 g/mol. The zero-order chi connectivity index (χ0) is 11.4. The summed E-state index contributed by atoms with van der Waals surface area (Å²) >= 11 is 5.81. The van der Waals surface area contributed by atoms with Crippen LogP contribution in [-0.4, -0.2) is 13.1 Å². The molecule has 1 aromatic carbocycles. The molecule has 5 heteroatoms. The second kappa shape index (κ2) is 4.67. The van der Waals surface area contributed by atoms with Crippen molar-refractivity contribution < 1.29 is 9.53 Å². The molecule has 1 rings (SSSR count). The van der Waals surface area contributed by atoms with E-state index in [1.54, 1.807) is 6.07 Å². The first-order chi connectivity index (χ1) is 7.08. The number of halogens is 1. The molecular formula is C10H9ClN2O2. The fraction of sp³-hybridized carbons (Fsp3) is 0.200. The predicted octanol–water partition coefficient (Wildman–Crippen LogP) is 1.51. The molecule has 2 N–H and O–H groups in total. The van der Waals surface area contributed by atoms with E-state index in [9.17, 15) is 4.79 Å².